The molecule has 1 aromatic carbocycles. The van der Waals surface area contributed by atoms with E-state index in [4.69, 9.17) is 5.73 Å². The van der Waals surface area contributed by atoms with Crippen molar-refractivity contribution < 1.29 is 0 Å². The van der Waals surface area contributed by atoms with E-state index in [0.29, 0.717) is 16.9 Å². The van der Waals surface area contributed by atoms with Crippen LogP contribution in [0, 0.1) is 10.8 Å². The molecule has 1 spiro atoms. The highest BCUT2D eigenvalue weighted by atomic mass is 33.1. The summed E-state index contributed by atoms with van der Waals surface area (Å²) in [7, 11) is 3.52. The van der Waals surface area contributed by atoms with Crippen LogP contribution in [0.4, 0.5) is 11.4 Å². The lowest BCUT2D eigenvalue weighted by Gasteiger charge is -2.41. The first-order chi connectivity index (χ1) is 9.91. The van der Waals surface area contributed by atoms with Gasteiger partial charge in [-0.15, -0.1) is 0 Å². The second-order valence-electron chi connectivity index (χ2n) is 7.59. The summed E-state index contributed by atoms with van der Waals surface area (Å²) in [5, 5.41) is 3.73. The van der Waals surface area contributed by atoms with Gasteiger partial charge >= 0.3 is 0 Å². The number of nitrogens with two attached hydrogens (primary N) is 1. The molecule has 3 rings (SSSR count). The van der Waals surface area contributed by atoms with E-state index >= 15 is 0 Å². The molecule has 0 saturated heterocycles. The van der Waals surface area contributed by atoms with E-state index in [9.17, 15) is 0 Å². The molecule has 21 heavy (non-hydrogen) atoms. The standard InChI is InChI=1S/C17H26N2S2/c1-16(2)9-12(10-17(11-16)6-7-17)19-15-5-4-13(21-20-3)8-14(15)18/h4-5,8,12,19H,6-7,9-11,18H2,1-3H3. The molecule has 0 amide bonds. The van der Waals surface area contributed by atoms with Crippen LogP contribution in [0.1, 0.15) is 46.0 Å². The van der Waals surface area contributed by atoms with Gasteiger partial charge in [0.25, 0.3) is 0 Å². The molecule has 0 heterocycles. The molecule has 4 heteroatoms. The summed E-state index contributed by atoms with van der Waals surface area (Å²) in [5.41, 5.74) is 9.32. The maximum Gasteiger partial charge on any atom is 0.0576 e. The Kier molecular flexibility index (Phi) is 4.12. The predicted molar refractivity (Wildman–Crippen MR) is 96.9 cm³/mol. The molecule has 1 aromatic rings. The maximum atomic E-state index is 6.23. The van der Waals surface area contributed by atoms with Gasteiger partial charge in [0.15, 0.2) is 0 Å². The highest BCUT2D eigenvalue weighted by Gasteiger charge is 2.51. The van der Waals surface area contributed by atoms with Crippen LogP contribution < -0.4 is 11.1 Å². The molecule has 3 N–H and O–H groups in total. The number of rotatable bonds is 4. The first kappa shape index (κ1) is 15.4. The Morgan fingerprint density at radius 2 is 2.00 bits per heavy atom. The van der Waals surface area contributed by atoms with Gasteiger partial charge in [-0.1, -0.05) is 35.4 Å². The van der Waals surface area contributed by atoms with Crippen LogP contribution in [0.5, 0.6) is 0 Å². The summed E-state index contributed by atoms with van der Waals surface area (Å²) in [5.74, 6) is 0. The summed E-state index contributed by atoms with van der Waals surface area (Å²) in [6.07, 6.45) is 8.90. The second kappa shape index (κ2) is 5.62. The minimum absolute atomic E-state index is 0.454. The van der Waals surface area contributed by atoms with E-state index in [0.717, 1.165) is 11.4 Å². The first-order valence-corrected chi connectivity index (χ1v) is 10.3. The van der Waals surface area contributed by atoms with Crippen molar-refractivity contribution in [3.8, 4) is 0 Å². The molecule has 2 aliphatic rings. The molecule has 2 nitrogen and oxygen atoms in total. The van der Waals surface area contributed by atoms with E-state index in [2.05, 4.69) is 43.6 Å². The van der Waals surface area contributed by atoms with Crippen LogP contribution in [0.3, 0.4) is 0 Å². The fourth-order valence-electron chi connectivity index (χ4n) is 4.12. The molecule has 0 aliphatic heterocycles. The quantitative estimate of drug-likeness (QED) is 0.574. The Bertz CT molecular complexity index is 518. The van der Waals surface area contributed by atoms with Crippen molar-refractivity contribution in [2.75, 3.05) is 17.3 Å². The van der Waals surface area contributed by atoms with Crippen LogP contribution in [0.25, 0.3) is 0 Å². The van der Waals surface area contributed by atoms with E-state index < -0.39 is 0 Å². The number of benzene rings is 1. The highest BCUT2D eigenvalue weighted by molar-refractivity contribution is 8.76. The van der Waals surface area contributed by atoms with E-state index in [1.165, 1.54) is 37.0 Å². The average Bonchev–Trinajstić information content (AvgIpc) is 3.09. The highest BCUT2D eigenvalue weighted by Crippen LogP contribution is 2.61. The minimum atomic E-state index is 0.454. The third-order valence-electron chi connectivity index (χ3n) is 4.85. The SMILES string of the molecule is CSSc1ccc(NC2CC(C)(C)CC3(CC3)C2)c(N)c1. The lowest BCUT2D eigenvalue weighted by Crippen LogP contribution is -2.37. The molecule has 1 atom stereocenters. The monoisotopic (exact) mass is 322 g/mol. The van der Waals surface area contributed by atoms with Gasteiger partial charge in [0.05, 0.1) is 11.4 Å². The molecule has 0 bridgehead atoms. The Balaban J connectivity index is 1.71. The molecular formula is C17H26N2S2. The summed E-state index contributed by atoms with van der Waals surface area (Å²) in [6, 6.07) is 6.97. The van der Waals surface area contributed by atoms with E-state index in [-0.39, 0.29) is 0 Å². The molecule has 1 unspecified atom stereocenters. The molecule has 2 fully saturated rings. The van der Waals surface area contributed by atoms with Gasteiger partial charge < -0.3 is 11.1 Å². The van der Waals surface area contributed by atoms with Crippen molar-refractivity contribution in [2.45, 2.75) is 56.9 Å². The Morgan fingerprint density at radius 3 is 2.62 bits per heavy atom. The normalized spacial score (nSPS) is 25.8. The van der Waals surface area contributed by atoms with Gasteiger partial charge in [0.1, 0.15) is 0 Å². The minimum Gasteiger partial charge on any atom is -0.397 e. The van der Waals surface area contributed by atoms with Gasteiger partial charge in [0.2, 0.25) is 0 Å². The van der Waals surface area contributed by atoms with Gasteiger partial charge in [-0.25, -0.2) is 0 Å². The van der Waals surface area contributed by atoms with Gasteiger partial charge in [-0.3, -0.25) is 0 Å². The fourth-order valence-corrected chi connectivity index (χ4v) is 5.50. The van der Waals surface area contributed by atoms with Gasteiger partial charge in [-0.2, -0.15) is 0 Å². The molecule has 2 aliphatic carbocycles. The third kappa shape index (κ3) is 3.65. The zero-order valence-electron chi connectivity index (χ0n) is 13.2. The second-order valence-corrected chi connectivity index (χ2v) is 10.1. The maximum absolute atomic E-state index is 6.23. The Hall–Kier alpha value is -0.480. The molecular weight excluding hydrogens is 296 g/mol. The van der Waals surface area contributed by atoms with Gasteiger partial charge in [-0.05, 0) is 67.4 Å². The van der Waals surface area contributed by atoms with Crippen molar-refractivity contribution in [1.29, 1.82) is 0 Å². The van der Waals surface area contributed by atoms with Crippen LogP contribution in [0.15, 0.2) is 23.1 Å². The molecule has 116 valence electrons. The molecule has 0 aromatic heterocycles. The third-order valence-corrected chi connectivity index (χ3v) is 6.54. The summed E-state index contributed by atoms with van der Waals surface area (Å²) >= 11 is 0. The summed E-state index contributed by atoms with van der Waals surface area (Å²) < 4.78 is 0. The van der Waals surface area contributed by atoms with Crippen LogP contribution in [-0.2, 0) is 0 Å². The van der Waals surface area contributed by atoms with Crippen LogP contribution in [-0.4, -0.2) is 12.3 Å². The lowest BCUT2D eigenvalue weighted by atomic mass is 9.68. The lowest BCUT2D eigenvalue weighted by molar-refractivity contribution is 0.152. The fraction of sp³-hybridized carbons (Fsp3) is 0.647. The number of anilines is 2. The van der Waals surface area contributed by atoms with Crippen molar-refractivity contribution in [3.63, 3.8) is 0 Å². The first-order valence-electron chi connectivity index (χ1n) is 7.78. The topological polar surface area (TPSA) is 38.0 Å². The van der Waals surface area contributed by atoms with E-state index in [1.807, 2.05) is 0 Å². The molecule has 0 radical (unpaired) electrons. The number of hydrogen-bond acceptors (Lipinski definition) is 4. The van der Waals surface area contributed by atoms with Gasteiger partial charge in [0, 0.05) is 10.9 Å². The number of nitrogen functional groups attached to an aromatic ring is 1. The zero-order chi connectivity index (χ0) is 15.1. The Labute approximate surface area is 136 Å². The molecule has 2 saturated carbocycles. The predicted octanol–water partition coefficient (Wildman–Crippen LogP) is 5.41. The van der Waals surface area contributed by atoms with Crippen molar-refractivity contribution in [3.05, 3.63) is 18.2 Å². The zero-order valence-corrected chi connectivity index (χ0v) is 14.9. The van der Waals surface area contributed by atoms with E-state index in [1.54, 1.807) is 21.6 Å². The largest absolute Gasteiger partial charge is 0.397 e. The average molecular weight is 323 g/mol. The smallest absolute Gasteiger partial charge is 0.0576 e. The van der Waals surface area contributed by atoms with Crippen molar-refractivity contribution in [1.82, 2.24) is 0 Å². The van der Waals surface area contributed by atoms with Crippen molar-refractivity contribution in [2.24, 2.45) is 10.8 Å². The van der Waals surface area contributed by atoms with Crippen LogP contribution >= 0.6 is 21.6 Å². The summed E-state index contributed by atoms with van der Waals surface area (Å²) in [4.78, 5) is 1.23. The number of nitrogens with one attached hydrogen (secondary N) is 1. The van der Waals surface area contributed by atoms with Crippen LogP contribution in [0.2, 0.25) is 0 Å². The summed E-state index contributed by atoms with van der Waals surface area (Å²) in [6.45, 7) is 4.84. The Morgan fingerprint density at radius 1 is 1.24 bits per heavy atom. The van der Waals surface area contributed by atoms with Crippen molar-refractivity contribution >= 4 is 33.0 Å². The number of hydrogen-bond donors (Lipinski definition) is 2.